The first-order valence-corrected chi connectivity index (χ1v) is 8.31. The predicted molar refractivity (Wildman–Crippen MR) is 93.8 cm³/mol. The summed E-state index contributed by atoms with van der Waals surface area (Å²) in [5, 5.41) is 0. The van der Waals surface area contributed by atoms with E-state index in [0.717, 1.165) is 25.7 Å². The standard InChI is InChI=1S/C20H33/c1-3-5-7-9-11-13-15-17-19-20-18-16-14-12-10-8-6-4-2/h9,11-12,14-15,17-18,20H,1,3-8,10,13,16,19H2,2H3/b11-9+,14-12?,17-15?,20-18?. The molecule has 0 rings (SSSR count). The highest BCUT2D eigenvalue weighted by atomic mass is 13.9. The minimum atomic E-state index is 1.04. The third-order valence-corrected chi connectivity index (χ3v) is 3.08. The van der Waals surface area contributed by atoms with Crippen molar-refractivity contribution in [2.45, 2.75) is 71.1 Å². The van der Waals surface area contributed by atoms with Crippen molar-refractivity contribution in [1.82, 2.24) is 0 Å². The molecule has 0 nitrogen and oxygen atoms in total. The first-order chi connectivity index (χ1) is 9.91. The Morgan fingerprint density at radius 1 is 0.600 bits per heavy atom. The van der Waals surface area contributed by atoms with Gasteiger partial charge in [-0.15, -0.1) is 0 Å². The van der Waals surface area contributed by atoms with E-state index in [9.17, 15) is 0 Å². The van der Waals surface area contributed by atoms with Crippen LogP contribution in [0.3, 0.4) is 0 Å². The van der Waals surface area contributed by atoms with Crippen LogP contribution in [0.5, 0.6) is 0 Å². The summed E-state index contributed by atoms with van der Waals surface area (Å²) in [7, 11) is 0. The van der Waals surface area contributed by atoms with Crippen molar-refractivity contribution >= 4 is 0 Å². The van der Waals surface area contributed by atoms with E-state index in [1.807, 2.05) is 0 Å². The molecule has 20 heavy (non-hydrogen) atoms. The Labute approximate surface area is 127 Å². The quantitative estimate of drug-likeness (QED) is 0.251. The van der Waals surface area contributed by atoms with Crippen LogP contribution < -0.4 is 0 Å². The number of allylic oxidation sites excluding steroid dienone is 8. The van der Waals surface area contributed by atoms with E-state index in [4.69, 9.17) is 0 Å². The summed E-state index contributed by atoms with van der Waals surface area (Å²) in [6.45, 7) is 6.08. The van der Waals surface area contributed by atoms with E-state index in [1.54, 1.807) is 0 Å². The summed E-state index contributed by atoms with van der Waals surface area (Å²) in [6.07, 6.45) is 29.9. The lowest BCUT2D eigenvalue weighted by Crippen LogP contribution is -1.70. The van der Waals surface area contributed by atoms with Crippen LogP contribution in [0.4, 0.5) is 0 Å². The summed E-state index contributed by atoms with van der Waals surface area (Å²) < 4.78 is 0. The smallest absolute Gasteiger partial charge is 0.0169 e. The molecule has 113 valence electrons. The molecule has 0 N–H and O–H groups in total. The molecule has 0 amide bonds. The Kier molecular flexibility index (Phi) is 17.0. The molecule has 0 aromatic carbocycles. The van der Waals surface area contributed by atoms with E-state index in [-0.39, 0.29) is 0 Å². The summed E-state index contributed by atoms with van der Waals surface area (Å²) in [5.74, 6) is 0. The maximum atomic E-state index is 3.83. The predicted octanol–water partition coefficient (Wildman–Crippen LogP) is 6.97. The van der Waals surface area contributed by atoms with Crippen molar-refractivity contribution in [3.8, 4) is 0 Å². The van der Waals surface area contributed by atoms with Crippen molar-refractivity contribution < 1.29 is 0 Å². The van der Waals surface area contributed by atoms with Gasteiger partial charge in [0.25, 0.3) is 0 Å². The van der Waals surface area contributed by atoms with Crippen LogP contribution in [-0.4, -0.2) is 0 Å². The minimum Gasteiger partial charge on any atom is -0.0882 e. The Bertz CT molecular complexity index is 278. The van der Waals surface area contributed by atoms with E-state index >= 15 is 0 Å². The Morgan fingerprint density at radius 2 is 1.05 bits per heavy atom. The summed E-state index contributed by atoms with van der Waals surface area (Å²) in [6, 6.07) is 0. The van der Waals surface area contributed by atoms with Gasteiger partial charge in [-0.3, -0.25) is 0 Å². The number of rotatable bonds is 13. The van der Waals surface area contributed by atoms with Gasteiger partial charge < -0.3 is 0 Å². The van der Waals surface area contributed by atoms with Crippen LogP contribution in [0.2, 0.25) is 0 Å². The van der Waals surface area contributed by atoms with E-state index in [2.05, 4.69) is 62.5 Å². The lowest BCUT2D eigenvalue weighted by atomic mass is 10.2. The fourth-order valence-corrected chi connectivity index (χ4v) is 1.82. The first-order valence-electron chi connectivity index (χ1n) is 8.31. The number of hydrogen-bond acceptors (Lipinski definition) is 0. The van der Waals surface area contributed by atoms with Gasteiger partial charge in [0.15, 0.2) is 0 Å². The molecule has 0 aliphatic heterocycles. The molecule has 0 unspecified atom stereocenters. The molecule has 0 bridgehead atoms. The SMILES string of the molecule is [CH2]CCC/C=C/CC=CCC=CCC=CCCCCC. The minimum absolute atomic E-state index is 1.04. The zero-order valence-electron chi connectivity index (χ0n) is 13.4. The van der Waals surface area contributed by atoms with Gasteiger partial charge in [-0.05, 0) is 44.9 Å². The van der Waals surface area contributed by atoms with Gasteiger partial charge >= 0.3 is 0 Å². The molecule has 0 atom stereocenters. The van der Waals surface area contributed by atoms with Gasteiger partial charge in [0.1, 0.15) is 0 Å². The third kappa shape index (κ3) is 17.0. The lowest BCUT2D eigenvalue weighted by molar-refractivity contribution is 0.728. The lowest BCUT2D eigenvalue weighted by Gasteiger charge is -1.90. The zero-order valence-corrected chi connectivity index (χ0v) is 13.4. The first kappa shape index (κ1) is 19.0. The fraction of sp³-hybridized carbons (Fsp3) is 0.550. The molecule has 0 fully saturated rings. The number of hydrogen-bond donors (Lipinski definition) is 0. The van der Waals surface area contributed by atoms with Gasteiger partial charge in [0.2, 0.25) is 0 Å². The van der Waals surface area contributed by atoms with Gasteiger partial charge in [0.05, 0.1) is 0 Å². The second-order valence-corrected chi connectivity index (χ2v) is 5.08. The second kappa shape index (κ2) is 18.0. The highest BCUT2D eigenvalue weighted by Crippen LogP contribution is 2.01. The Balaban J connectivity index is 3.36. The molecule has 0 aromatic rings. The van der Waals surface area contributed by atoms with Crippen LogP contribution in [-0.2, 0) is 0 Å². The molecule has 0 spiro atoms. The number of unbranched alkanes of at least 4 members (excludes halogenated alkanes) is 5. The van der Waals surface area contributed by atoms with Crippen molar-refractivity contribution in [3.05, 3.63) is 55.5 Å². The molecule has 0 aliphatic rings. The van der Waals surface area contributed by atoms with Crippen LogP contribution in [0.25, 0.3) is 0 Å². The average molecular weight is 273 g/mol. The summed E-state index contributed by atoms with van der Waals surface area (Å²) in [4.78, 5) is 0. The molecule has 0 heteroatoms. The highest BCUT2D eigenvalue weighted by molar-refractivity contribution is 4.99. The topological polar surface area (TPSA) is 0 Å². The van der Waals surface area contributed by atoms with Gasteiger partial charge in [-0.1, -0.05) is 81.7 Å². The average Bonchev–Trinajstić information content (AvgIpc) is 2.47. The fourth-order valence-electron chi connectivity index (χ4n) is 1.82. The third-order valence-electron chi connectivity index (χ3n) is 3.08. The zero-order chi connectivity index (χ0) is 14.7. The van der Waals surface area contributed by atoms with Crippen molar-refractivity contribution in [2.75, 3.05) is 0 Å². The monoisotopic (exact) mass is 273 g/mol. The van der Waals surface area contributed by atoms with Crippen molar-refractivity contribution in [2.24, 2.45) is 0 Å². The molecule has 1 radical (unpaired) electrons. The molecular formula is C20H33. The summed E-state index contributed by atoms with van der Waals surface area (Å²) in [5.41, 5.74) is 0. The van der Waals surface area contributed by atoms with Crippen LogP contribution in [0.1, 0.15) is 71.1 Å². The van der Waals surface area contributed by atoms with Crippen molar-refractivity contribution in [1.29, 1.82) is 0 Å². The van der Waals surface area contributed by atoms with E-state index < -0.39 is 0 Å². The molecule has 0 aliphatic carbocycles. The van der Waals surface area contributed by atoms with E-state index in [0.29, 0.717) is 0 Å². The van der Waals surface area contributed by atoms with Gasteiger partial charge in [-0.25, -0.2) is 0 Å². The maximum absolute atomic E-state index is 3.83. The summed E-state index contributed by atoms with van der Waals surface area (Å²) >= 11 is 0. The molecular weight excluding hydrogens is 240 g/mol. The molecule has 0 heterocycles. The Hall–Kier alpha value is -1.04. The second-order valence-electron chi connectivity index (χ2n) is 5.08. The highest BCUT2D eigenvalue weighted by Gasteiger charge is 1.80. The molecule has 0 saturated heterocycles. The van der Waals surface area contributed by atoms with Gasteiger partial charge in [0, 0.05) is 0 Å². The molecule has 0 saturated carbocycles. The van der Waals surface area contributed by atoms with Crippen LogP contribution in [0, 0.1) is 6.92 Å². The Morgan fingerprint density at radius 3 is 1.50 bits per heavy atom. The van der Waals surface area contributed by atoms with Crippen molar-refractivity contribution in [3.63, 3.8) is 0 Å². The van der Waals surface area contributed by atoms with E-state index in [1.165, 1.54) is 38.5 Å². The largest absolute Gasteiger partial charge is 0.0882 e. The van der Waals surface area contributed by atoms with Gasteiger partial charge in [-0.2, -0.15) is 0 Å². The maximum Gasteiger partial charge on any atom is -0.0169 e. The van der Waals surface area contributed by atoms with Crippen LogP contribution >= 0.6 is 0 Å². The van der Waals surface area contributed by atoms with Crippen LogP contribution in [0.15, 0.2) is 48.6 Å². The molecule has 0 aromatic heterocycles. The normalized spacial score (nSPS) is 12.7.